The normalized spacial score (nSPS) is 11.8. The number of fused-ring (bicyclic) bond motifs is 2. The molecule has 150 valence electrons. The van der Waals surface area contributed by atoms with Crippen LogP contribution in [0.3, 0.4) is 0 Å². The number of hydrogen-bond acceptors (Lipinski definition) is 4. The fraction of sp³-hybridized carbons (Fsp3) is 0.364. The average Bonchev–Trinajstić information content (AvgIpc) is 3.30. The molecule has 1 amide bonds. The van der Waals surface area contributed by atoms with Crippen LogP contribution in [0.5, 0.6) is 0 Å². The van der Waals surface area contributed by atoms with Gasteiger partial charge in [0, 0.05) is 24.7 Å². The topological polar surface area (TPSA) is 88.5 Å². The number of nitrogens with one attached hydrogen (secondary N) is 2. The summed E-state index contributed by atoms with van der Waals surface area (Å²) in [7, 11) is 0. The van der Waals surface area contributed by atoms with Gasteiger partial charge in [0.1, 0.15) is 5.82 Å². The van der Waals surface area contributed by atoms with Crippen LogP contribution in [0.15, 0.2) is 36.5 Å². The Balaban J connectivity index is 1.55. The lowest BCUT2D eigenvalue weighted by molar-refractivity contribution is 0.0955. The van der Waals surface area contributed by atoms with Gasteiger partial charge in [-0.2, -0.15) is 5.10 Å². The van der Waals surface area contributed by atoms with Gasteiger partial charge in [-0.1, -0.05) is 26.0 Å². The molecule has 3 heterocycles. The van der Waals surface area contributed by atoms with E-state index in [1.807, 2.05) is 35.0 Å². The summed E-state index contributed by atoms with van der Waals surface area (Å²) in [4.78, 5) is 25.6. The summed E-state index contributed by atoms with van der Waals surface area (Å²) in [6.07, 6.45) is 2.37. The summed E-state index contributed by atoms with van der Waals surface area (Å²) in [5.41, 5.74) is 4.21. The smallest absolute Gasteiger partial charge is 0.252 e. The van der Waals surface area contributed by atoms with E-state index in [0.29, 0.717) is 18.5 Å². The van der Waals surface area contributed by atoms with Gasteiger partial charge in [-0.3, -0.25) is 4.79 Å². The molecule has 4 aromatic rings. The Bertz CT molecular complexity index is 1140. The Morgan fingerprint density at radius 1 is 1.17 bits per heavy atom. The van der Waals surface area contributed by atoms with Crippen LogP contribution in [0.2, 0.25) is 0 Å². The Morgan fingerprint density at radius 2 is 1.97 bits per heavy atom. The van der Waals surface area contributed by atoms with E-state index in [-0.39, 0.29) is 17.9 Å². The molecule has 0 aliphatic carbocycles. The predicted octanol–water partition coefficient (Wildman–Crippen LogP) is 3.98. The number of aromatic nitrogens is 5. The molecule has 0 aliphatic heterocycles. The van der Waals surface area contributed by atoms with Crippen LogP contribution >= 0.6 is 0 Å². The zero-order valence-electron chi connectivity index (χ0n) is 17.2. The van der Waals surface area contributed by atoms with Gasteiger partial charge in [-0.25, -0.2) is 14.6 Å². The zero-order chi connectivity index (χ0) is 20.5. The van der Waals surface area contributed by atoms with Crippen LogP contribution in [-0.2, 0) is 6.42 Å². The minimum absolute atomic E-state index is 0.112. The van der Waals surface area contributed by atoms with E-state index >= 15 is 0 Å². The Morgan fingerprint density at radius 3 is 2.69 bits per heavy atom. The van der Waals surface area contributed by atoms with Crippen molar-refractivity contribution >= 4 is 28.0 Å². The number of para-hydroxylation sites is 2. The molecule has 2 N–H and O–H groups in total. The average molecular weight is 390 g/mol. The molecule has 3 aromatic heterocycles. The van der Waals surface area contributed by atoms with Gasteiger partial charge in [0.25, 0.3) is 5.91 Å². The molecule has 0 atom stereocenters. The molecule has 0 aliphatic rings. The van der Waals surface area contributed by atoms with E-state index in [1.54, 1.807) is 6.20 Å². The van der Waals surface area contributed by atoms with Crippen LogP contribution < -0.4 is 5.32 Å². The van der Waals surface area contributed by atoms with Gasteiger partial charge in [0.05, 0.1) is 28.2 Å². The van der Waals surface area contributed by atoms with Crippen molar-refractivity contribution in [3.63, 3.8) is 0 Å². The van der Waals surface area contributed by atoms with Crippen molar-refractivity contribution in [3.8, 4) is 0 Å². The number of hydrogen-bond donors (Lipinski definition) is 2. The molecule has 0 saturated carbocycles. The fourth-order valence-corrected chi connectivity index (χ4v) is 3.41. The summed E-state index contributed by atoms with van der Waals surface area (Å²) in [5.74, 6) is 0.970. The van der Waals surface area contributed by atoms with Crippen molar-refractivity contribution in [3.05, 3.63) is 53.6 Å². The largest absolute Gasteiger partial charge is 0.352 e. The molecule has 0 bridgehead atoms. The molecular weight excluding hydrogens is 364 g/mol. The molecule has 7 nitrogen and oxygen atoms in total. The molecule has 4 rings (SSSR count). The van der Waals surface area contributed by atoms with Gasteiger partial charge in [0.15, 0.2) is 5.65 Å². The second kappa shape index (κ2) is 7.66. The lowest BCUT2D eigenvalue weighted by Gasteiger charge is -2.12. The highest BCUT2D eigenvalue weighted by Crippen LogP contribution is 2.24. The van der Waals surface area contributed by atoms with E-state index in [9.17, 15) is 4.79 Å². The first-order valence-corrected chi connectivity index (χ1v) is 10.0. The summed E-state index contributed by atoms with van der Waals surface area (Å²) < 4.78 is 1.87. The van der Waals surface area contributed by atoms with Gasteiger partial charge in [-0.15, -0.1) is 0 Å². The van der Waals surface area contributed by atoms with E-state index < -0.39 is 0 Å². The number of benzene rings is 1. The monoisotopic (exact) mass is 390 g/mol. The minimum Gasteiger partial charge on any atom is -0.352 e. The van der Waals surface area contributed by atoms with Gasteiger partial charge in [-0.05, 0) is 38.0 Å². The molecule has 0 unspecified atom stereocenters. The number of H-pyrrole nitrogens is 1. The van der Waals surface area contributed by atoms with Crippen LogP contribution in [-0.4, -0.2) is 37.2 Å². The Kier molecular flexibility index (Phi) is 5.05. The van der Waals surface area contributed by atoms with Gasteiger partial charge < -0.3 is 10.3 Å². The SMILES string of the molecule is CC(C)c1cc(C(=O)NCCc2nc3ccccc3[nH]2)c2cnn(C(C)C)c2n1. The summed E-state index contributed by atoms with van der Waals surface area (Å²) in [5, 5.41) is 8.26. The maximum atomic E-state index is 13.0. The van der Waals surface area contributed by atoms with E-state index in [0.717, 1.165) is 33.6 Å². The van der Waals surface area contributed by atoms with Crippen LogP contribution in [0.1, 0.15) is 61.5 Å². The Labute approximate surface area is 169 Å². The van der Waals surface area contributed by atoms with E-state index in [1.165, 1.54) is 0 Å². The van der Waals surface area contributed by atoms with E-state index in [4.69, 9.17) is 4.98 Å². The van der Waals surface area contributed by atoms with Crippen molar-refractivity contribution < 1.29 is 4.79 Å². The minimum atomic E-state index is -0.112. The first-order chi connectivity index (χ1) is 13.9. The number of imidazole rings is 1. The molecular formula is C22H26N6O. The lowest BCUT2D eigenvalue weighted by Crippen LogP contribution is -2.26. The van der Waals surface area contributed by atoms with Crippen molar-refractivity contribution in [1.82, 2.24) is 30.0 Å². The maximum Gasteiger partial charge on any atom is 0.252 e. The number of carbonyl (C=O) groups excluding carboxylic acids is 1. The number of nitrogens with zero attached hydrogens (tertiary/aromatic N) is 4. The molecule has 0 saturated heterocycles. The fourth-order valence-electron chi connectivity index (χ4n) is 3.41. The quantitative estimate of drug-likeness (QED) is 0.521. The summed E-state index contributed by atoms with van der Waals surface area (Å²) in [6.45, 7) is 8.77. The number of aromatic amines is 1. The molecule has 0 fully saturated rings. The van der Waals surface area contributed by atoms with E-state index in [2.05, 4.69) is 48.1 Å². The van der Waals surface area contributed by atoms with Crippen LogP contribution in [0, 0.1) is 0 Å². The zero-order valence-corrected chi connectivity index (χ0v) is 17.2. The lowest BCUT2D eigenvalue weighted by atomic mass is 10.0. The van der Waals surface area contributed by atoms with Crippen LogP contribution in [0.4, 0.5) is 0 Å². The van der Waals surface area contributed by atoms with Crippen molar-refractivity contribution in [1.29, 1.82) is 0 Å². The van der Waals surface area contributed by atoms with Crippen LogP contribution in [0.25, 0.3) is 22.1 Å². The third-order valence-electron chi connectivity index (χ3n) is 5.00. The number of amides is 1. The highest BCUT2D eigenvalue weighted by molar-refractivity contribution is 6.05. The highest BCUT2D eigenvalue weighted by Gasteiger charge is 2.18. The van der Waals surface area contributed by atoms with Crippen molar-refractivity contribution in [2.75, 3.05) is 6.54 Å². The number of carbonyl (C=O) groups is 1. The van der Waals surface area contributed by atoms with Crippen molar-refractivity contribution in [2.45, 2.75) is 46.1 Å². The summed E-state index contributed by atoms with van der Waals surface area (Å²) in [6, 6.07) is 9.97. The third-order valence-corrected chi connectivity index (χ3v) is 5.00. The molecule has 0 spiro atoms. The Hall–Kier alpha value is -3.22. The second-order valence-electron chi connectivity index (χ2n) is 7.88. The molecule has 1 aromatic carbocycles. The molecule has 29 heavy (non-hydrogen) atoms. The molecule has 7 heteroatoms. The summed E-state index contributed by atoms with van der Waals surface area (Å²) >= 11 is 0. The maximum absolute atomic E-state index is 13.0. The second-order valence-corrected chi connectivity index (χ2v) is 7.88. The van der Waals surface area contributed by atoms with Crippen molar-refractivity contribution in [2.24, 2.45) is 0 Å². The first kappa shape index (κ1) is 19.1. The van der Waals surface area contributed by atoms with Gasteiger partial charge >= 0.3 is 0 Å². The van der Waals surface area contributed by atoms with Gasteiger partial charge in [0.2, 0.25) is 0 Å². The highest BCUT2D eigenvalue weighted by atomic mass is 16.1. The molecule has 0 radical (unpaired) electrons. The predicted molar refractivity (Wildman–Crippen MR) is 114 cm³/mol. The standard InChI is InChI=1S/C22H26N6O/c1-13(2)19-11-15(16-12-24-28(14(3)4)21(16)27-19)22(29)23-10-9-20-25-17-7-5-6-8-18(17)26-20/h5-8,11-14H,9-10H2,1-4H3,(H,23,29)(H,25,26). The first-order valence-electron chi connectivity index (χ1n) is 10.0. The number of rotatable bonds is 6. The number of pyridine rings is 1. The third kappa shape index (κ3) is 3.72.